The molecule has 8 saturated heterocycles. The molecule has 0 radical (unpaired) electrons. The fraction of sp³-hybridized carbons (Fsp3) is 0.854. The molecule has 0 aromatic rings. The van der Waals surface area contributed by atoms with Crippen molar-refractivity contribution in [3.8, 4) is 0 Å². The molecule has 1 aliphatic carbocycles. The Morgan fingerprint density at radius 2 is 1.63 bits per heavy atom. The number of primary amides is 1. The highest BCUT2D eigenvalue weighted by Gasteiger charge is 2.55. The summed E-state index contributed by atoms with van der Waals surface area (Å²) in [5, 5.41) is 13.2. The first-order chi connectivity index (χ1) is 28.5. The van der Waals surface area contributed by atoms with E-state index in [-0.39, 0.29) is 83.5 Å². The molecule has 9 fully saturated rings. The van der Waals surface area contributed by atoms with Gasteiger partial charge in [-0.2, -0.15) is 0 Å². The number of amides is 6. The minimum Gasteiger partial charge on any atom is -0.368 e. The van der Waals surface area contributed by atoms with E-state index in [2.05, 4.69) is 52.5 Å². The second-order valence-corrected chi connectivity index (χ2v) is 20.3. The molecule has 8 unspecified atom stereocenters. The average molecular weight is 840 g/mol. The average Bonchev–Trinajstić information content (AvgIpc) is 3.87. The predicted molar refractivity (Wildman–Crippen MR) is 219 cm³/mol. The van der Waals surface area contributed by atoms with Crippen molar-refractivity contribution in [3.63, 3.8) is 0 Å². The lowest BCUT2D eigenvalue weighted by Crippen LogP contribution is -2.73. The number of likely N-dealkylation sites (tertiary alicyclic amines) is 5. The molecular weight excluding hydrogens is 775 g/mol. The second-order valence-electron chi connectivity index (χ2n) is 19.3. The van der Waals surface area contributed by atoms with Gasteiger partial charge < -0.3 is 25.8 Å². The van der Waals surface area contributed by atoms with Crippen LogP contribution in [0.5, 0.6) is 0 Å². The number of piperazine rings is 1. The molecule has 0 aromatic heterocycles. The Morgan fingerprint density at radius 3 is 2.36 bits per heavy atom. The van der Waals surface area contributed by atoms with E-state index in [0.717, 1.165) is 110 Å². The fourth-order valence-corrected chi connectivity index (χ4v) is 13.3. The van der Waals surface area contributed by atoms with Crippen LogP contribution >= 0.6 is 11.9 Å². The molecular formula is C41H65N11O6S. The Balaban J connectivity index is 0.720. The topological polar surface area (TPSA) is 205 Å². The fourth-order valence-electron chi connectivity index (χ4n) is 12.2. The molecule has 59 heavy (non-hydrogen) atoms. The van der Waals surface area contributed by atoms with Crippen LogP contribution in [-0.2, 0) is 28.8 Å². The standard InChI is InChI=1S/C41H65N11O6S/c1-24-19-33(59-47-24)46-36-34(35(42)54)43-21-31(44-36)50-13-2-3-27(23-50)51-18-12-41(40(51)58)10-16-48(17-11-41)22-25-8-14-49(15-9-25)26-4-5-28-29(20-26)39(57)52(38(28)56)30-6-7-32(53)45-37(30)55/h24-31,33-34,36,43-44,46-47H,2-23H2,1H3,(H2,42,54)(H,45,53,55)/t24?,26?,27-,28?,29?,30+,31?,33?,34?,36?/m1/s1. The zero-order valence-corrected chi connectivity index (χ0v) is 35.4. The van der Waals surface area contributed by atoms with Gasteiger partial charge in [-0.05, 0) is 123 Å². The number of carbonyl (C=O) groups is 6. The third kappa shape index (κ3) is 8.33. The van der Waals surface area contributed by atoms with Crippen LogP contribution in [0.3, 0.4) is 0 Å². The zero-order chi connectivity index (χ0) is 41.0. The maximum atomic E-state index is 14.3. The van der Waals surface area contributed by atoms with Gasteiger partial charge in [0, 0.05) is 50.7 Å². The van der Waals surface area contributed by atoms with E-state index in [1.807, 2.05) is 0 Å². The summed E-state index contributed by atoms with van der Waals surface area (Å²) in [7, 11) is 0. The Hall–Kier alpha value is -2.71. The summed E-state index contributed by atoms with van der Waals surface area (Å²) in [6.45, 7) is 10.4. The van der Waals surface area contributed by atoms with E-state index in [1.54, 1.807) is 11.9 Å². The van der Waals surface area contributed by atoms with Crippen LogP contribution in [0.25, 0.3) is 0 Å². The third-order valence-electron chi connectivity index (χ3n) is 15.7. The summed E-state index contributed by atoms with van der Waals surface area (Å²) >= 11 is 1.67. The van der Waals surface area contributed by atoms with Crippen LogP contribution in [0.15, 0.2) is 0 Å². The molecule has 10 atom stereocenters. The van der Waals surface area contributed by atoms with Gasteiger partial charge in [0.15, 0.2) is 0 Å². The second kappa shape index (κ2) is 17.2. The van der Waals surface area contributed by atoms with E-state index < -0.39 is 18.0 Å². The molecule has 0 bridgehead atoms. The molecule has 9 rings (SSSR count). The quantitative estimate of drug-likeness (QED) is 0.123. The molecule has 1 spiro atoms. The van der Waals surface area contributed by atoms with Gasteiger partial charge >= 0.3 is 0 Å². The maximum absolute atomic E-state index is 14.3. The Morgan fingerprint density at radius 1 is 0.864 bits per heavy atom. The molecule has 7 N–H and O–H groups in total. The van der Waals surface area contributed by atoms with Crippen molar-refractivity contribution in [1.29, 1.82) is 0 Å². The molecule has 17 nitrogen and oxygen atoms in total. The first-order valence-electron chi connectivity index (χ1n) is 22.6. The van der Waals surface area contributed by atoms with Gasteiger partial charge in [0.1, 0.15) is 12.1 Å². The van der Waals surface area contributed by atoms with E-state index in [9.17, 15) is 28.8 Å². The highest BCUT2D eigenvalue weighted by molar-refractivity contribution is 7.98. The summed E-state index contributed by atoms with van der Waals surface area (Å²) in [6, 6.07) is -0.494. The lowest BCUT2D eigenvalue weighted by atomic mass is 9.76. The van der Waals surface area contributed by atoms with Crippen LogP contribution in [0.4, 0.5) is 0 Å². The Labute approximate surface area is 351 Å². The Kier molecular flexibility index (Phi) is 12.1. The zero-order valence-electron chi connectivity index (χ0n) is 34.6. The number of rotatable bonds is 9. The van der Waals surface area contributed by atoms with Gasteiger partial charge in [-0.1, -0.05) is 11.9 Å². The molecule has 0 aromatic carbocycles. The van der Waals surface area contributed by atoms with Crippen LogP contribution in [0, 0.1) is 23.2 Å². The van der Waals surface area contributed by atoms with Crippen molar-refractivity contribution < 1.29 is 28.8 Å². The van der Waals surface area contributed by atoms with Crippen LogP contribution < -0.4 is 31.7 Å². The lowest BCUT2D eigenvalue weighted by Gasteiger charge is -2.47. The number of nitrogens with zero attached hydrogens (tertiary/aromatic N) is 5. The lowest BCUT2D eigenvalue weighted by molar-refractivity contribution is -0.151. The number of fused-ring (bicyclic) bond motifs is 1. The van der Waals surface area contributed by atoms with Crippen molar-refractivity contribution in [1.82, 2.24) is 50.5 Å². The SMILES string of the molecule is CC1CC(NC2NC(N3CCC[C@@H](N4CCC5(CCN(CC6CCN(C7CCC8C(=O)N([C@H]9CCC(=O)NC9=O)C(=O)C8C7)CC6)CC5)C4=O)C3)CNC2C(N)=O)SN1. The Bertz CT molecular complexity index is 1660. The van der Waals surface area contributed by atoms with Gasteiger partial charge in [-0.25, -0.2) is 0 Å². The van der Waals surface area contributed by atoms with Gasteiger partial charge in [-0.3, -0.25) is 59.2 Å². The van der Waals surface area contributed by atoms with Crippen molar-refractivity contribution in [2.75, 3.05) is 58.9 Å². The van der Waals surface area contributed by atoms with Gasteiger partial charge in [-0.15, -0.1) is 0 Å². The van der Waals surface area contributed by atoms with Crippen LogP contribution in [0.1, 0.15) is 90.4 Å². The number of hydrogen-bond donors (Lipinski definition) is 6. The monoisotopic (exact) mass is 839 g/mol. The number of carbonyl (C=O) groups excluding carboxylic acids is 6. The first kappa shape index (κ1) is 41.6. The summed E-state index contributed by atoms with van der Waals surface area (Å²) in [5.74, 6) is -1.48. The van der Waals surface area contributed by atoms with Gasteiger partial charge in [0.25, 0.3) is 0 Å². The minimum atomic E-state index is -0.867. The summed E-state index contributed by atoms with van der Waals surface area (Å²) < 4.78 is 3.40. The largest absolute Gasteiger partial charge is 0.368 e. The van der Waals surface area contributed by atoms with E-state index in [4.69, 9.17) is 5.73 Å². The predicted octanol–water partition coefficient (Wildman–Crippen LogP) is -0.919. The highest BCUT2D eigenvalue weighted by Crippen LogP contribution is 2.45. The smallest absolute Gasteiger partial charge is 0.249 e. The van der Waals surface area contributed by atoms with Crippen molar-refractivity contribution in [2.24, 2.45) is 28.9 Å². The number of nitrogens with one attached hydrogen (secondary N) is 5. The number of imide groups is 2. The molecule has 326 valence electrons. The molecule has 8 aliphatic heterocycles. The summed E-state index contributed by atoms with van der Waals surface area (Å²) in [6.07, 6.45) is 10.4. The first-order valence-corrected chi connectivity index (χ1v) is 23.5. The molecule has 6 amide bonds. The van der Waals surface area contributed by atoms with Crippen LogP contribution in [-0.4, -0.2) is 167 Å². The molecule has 8 heterocycles. The number of hydrogen-bond acceptors (Lipinski definition) is 14. The number of nitrogens with two attached hydrogens (primary N) is 1. The van der Waals surface area contributed by atoms with E-state index in [1.165, 1.54) is 4.90 Å². The normalized spacial score (nSPS) is 39.3. The molecule has 18 heteroatoms. The van der Waals surface area contributed by atoms with E-state index >= 15 is 0 Å². The summed E-state index contributed by atoms with van der Waals surface area (Å²) in [5.41, 5.74) is 5.56. The van der Waals surface area contributed by atoms with Crippen molar-refractivity contribution >= 4 is 47.4 Å². The number of piperidine rings is 4. The summed E-state index contributed by atoms with van der Waals surface area (Å²) in [4.78, 5) is 88.6. The molecule has 9 aliphatic rings. The molecule has 1 saturated carbocycles. The highest BCUT2D eigenvalue weighted by atomic mass is 32.2. The van der Waals surface area contributed by atoms with Gasteiger partial charge in [0.05, 0.1) is 35.0 Å². The van der Waals surface area contributed by atoms with Crippen molar-refractivity contribution in [2.45, 2.75) is 138 Å². The maximum Gasteiger partial charge on any atom is 0.249 e. The third-order valence-corrected chi connectivity index (χ3v) is 16.8. The van der Waals surface area contributed by atoms with E-state index in [0.29, 0.717) is 37.3 Å². The van der Waals surface area contributed by atoms with Crippen molar-refractivity contribution in [3.05, 3.63) is 0 Å². The van der Waals surface area contributed by atoms with Crippen LogP contribution in [0.2, 0.25) is 0 Å². The minimum absolute atomic E-state index is 0.0412. The van der Waals surface area contributed by atoms with Gasteiger partial charge in [0.2, 0.25) is 35.4 Å².